The molecule has 2 aromatic carbocycles. The lowest BCUT2D eigenvalue weighted by molar-refractivity contribution is -0.122. The van der Waals surface area contributed by atoms with E-state index in [4.69, 9.17) is 11.6 Å². The molecule has 4 rings (SSSR count). The Balaban J connectivity index is 1.59. The first-order valence-corrected chi connectivity index (χ1v) is 13.2. The number of aryl methyl sites for hydroxylation is 1. The second-order valence-electron chi connectivity index (χ2n) is 8.43. The van der Waals surface area contributed by atoms with Crippen molar-refractivity contribution in [3.8, 4) is 0 Å². The van der Waals surface area contributed by atoms with E-state index in [2.05, 4.69) is 37.0 Å². The molecular formula is C23H26ClN3O3S2. The van der Waals surface area contributed by atoms with Crippen molar-refractivity contribution >= 4 is 49.1 Å². The van der Waals surface area contributed by atoms with Crippen LogP contribution in [0.1, 0.15) is 38.2 Å². The average Bonchev–Trinajstić information content (AvgIpc) is 3.08. The number of halogens is 1. The van der Waals surface area contributed by atoms with Gasteiger partial charge in [-0.25, -0.2) is 8.42 Å². The van der Waals surface area contributed by atoms with Gasteiger partial charge in [0.05, 0.1) is 21.0 Å². The highest BCUT2D eigenvalue weighted by atomic mass is 35.5. The van der Waals surface area contributed by atoms with Crippen LogP contribution >= 0.6 is 22.9 Å². The van der Waals surface area contributed by atoms with E-state index in [1.54, 1.807) is 12.1 Å². The van der Waals surface area contributed by atoms with Crippen molar-refractivity contribution in [1.82, 2.24) is 8.87 Å². The number of carbonyl (C=O) groups excluding carboxylic acids is 1. The van der Waals surface area contributed by atoms with Crippen LogP contribution in [0.2, 0.25) is 5.02 Å². The van der Waals surface area contributed by atoms with Gasteiger partial charge in [0.1, 0.15) is 0 Å². The van der Waals surface area contributed by atoms with Crippen molar-refractivity contribution in [3.63, 3.8) is 0 Å². The molecule has 1 fully saturated rings. The molecule has 2 heterocycles. The number of amides is 1. The summed E-state index contributed by atoms with van der Waals surface area (Å²) in [4.78, 5) is 18.2. The van der Waals surface area contributed by atoms with Gasteiger partial charge in [-0.2, -0.15) is 9.30 Å². The number of nitrogens with zero attached hydrogens (tertiary/aromatic N) is 3. The smallest absolute Gasteiger partial charge is 0.252 e. The Morgan fingerprint density at radius 1 is 1.19 bits per heavy atom. The summed E-state index contributed by atoms with van der Waals surface area (Å²) in [7, 11) is -1.78. The SMILES string of the molecule is CC(C)c1ccc2c(c1)sc(=NC(=O)C1CCCN(S(=O)(=O)c3ccc(Cl)cc3)C1)n2C. The third kappa shape index (κ3) is 4.55. The number of sulfonamides is 1. The second-order valence-corrected chi connectivity index (χ2v) is 11.8. The topological polar surface area (TPSA) is 71.7 Å². The van der Waals surface area contributed by atoms with Crippen LogP contribution in [0.15, 0.2) is 52.4 Å². The molecule has 1 unspecified atom stereocenters. The Labute approximate surface area is 197 Å². The number of thiazole rings is 1. The van der Waals surface area contributed by atoms with Crippen LogP contribution in [0, 0.1) is 5.92 Å². The number of piperidine rings is 1. The molecule has 1 atom stereocenters. The van der Waals surface area contributed by atoms with E-state index in [9.17, 15) is 13.2 Å². The summed E-state index contributed by atoms with van der Waals surface area (Å²) in [5, 5.41) is 0.478. The predicted molar refractivity (Wildman–Crippen MR) is 128 cm³/mol. The minimum absolute atomic E-state index is 0.138. The zero-order chi connectivity index (χ0) is 23.0. The molecule has 9 heteroatoms. The highest BCUT2D eigenvalue weighted by Gasteiger charge is 2.33. The van der Waals surface area contributed by atoms with Gasteiger partial charge in [0.15, 0.2) is 4.80 Å². The van der Waals surface area contributed by atoms with Crippen LogP contribution in [-0.4, -0.2) is 36.3 Å². The first-order chi connectivity index (χ1) is 15.2. The predicted octanol–water partition coefficient (Wildman–Crippen LogP) is 4.54. The van der Waals surface area contributed by atoms with Gasteiger partial charge in [-0.15, -0.1) is 0 Å². The molecule has 1 aromatic heterocycles. The molecule has 6 nitrogen and oxygen atoms in total. The quantitative estimate of drug-likeness (QED) is 0.537. The lowest BCUT2D eigenvalue weighted by Crippen LogP contribution is -2.42. The third-order valence-electron chi connectivity index (χ3n) is 5.89. The Morgan fingerprint density at radius 2 is 1.91 bits per heavy atom. The third-order valence-corrected chi connectivity index (χ3v) is 9.12. The van der Waals surface area contributed by atoms with Gasteiger partial charge in [-0.3, -0.25) is 4.79 Å². The standard InChI is InChI=1S/C23H26ClN3O3S2/c1-15(2)16-6-11-20-21(13-16)31-23(26(20)3)25-22(28)17-5-4-12-27(14-17)32(29,30)19-9-7-18(24)8-10-19/h6-11,13,15,17H,4-5,12,14H2,1-3H3. The molecule has 0 spiro atoms. The lowest BCUT2D eigenvalue weighted by atomic mass is 9.99. The molecule has 170 valence electrons. The molecule has 1 aliphatic heterocycles. The van der Waals surface area contributed by atoms with Crippen molar-refractivity contribution < 1.29 is 13.2 Å². The van der Waals surface area contributed by atoms with Crippen molar-refractivity contribution in [1.29, 1.82) is 0 Å². The van der Waals surface area contributed by atoms with Crippen molar-refractivity contribution in [3.05, 3.63) is 57.9 Å². The molecule has 1 saturated heterocycles. The monoisotopic (exact) mass is 491 g/mol. The highest BCUT2D eigenvalue weighted by molar-refractivity contribution is 7.89. The first kappa shape index (κ1) is 23.2. The number of carbonyl (C=O) groups is 1. The highest BCUT2D eigenvalue weighted by Crippen LogP contribution is 2.26. The van der Waals surface area contributed by atoms with E-state index in [0.717, 1.165) is 10.2 Å². The van der Waals surface area contributed by atoms with Crippen LogP contribution in [0.4, 0.5) is 0 Å². The molecule has 3 aromatic rings. The maximum Gasteiger partial charge on any atom is 0.252 e. The van der Waals surface area contributed by atoms with Gasteiger partial charge in [0, 0.05) is 25.2 Å². The molecule has 1 amide bonds. The molecule has 1 aliphatic rings. The average molecular weight is 492 g/mol. The maximum absolute atomic E-state index is 13.0. The van der Waals surface area contributed by atoms with E-state index in [1.165, 1.54) is 33.3 Å². The number of benzene rings is 2. The van der Waals surface area contributed by atoms with Crippen LogP contribution < -0.4 is 4.80 Å². The molecule has 0 radical (unpaired) electrons. The zero-order valence-corrected chi connectivity index (χ0v) is 20.7. The van der Waals surface area contributed by atoms with Crippen molar-refractivity contribution in [2.24, 2.45) is 18.0 Å². The van der Waals surface area contributed by atoms with Crippen molar-refractivity contribution in [2.75, 3.05) is 13.1 Å². The van der Waals surface area contributed by atoms with Gasteiger partial charge in [-0.05, 0) is 60.7 Å². The fourth-order valence-corrected chi connectivity index (χ4v) is 6.64. The number of hydrogen-bond acceptors (Lipinski definition) is 4. The van der Waals surface area contributed by atoms with Crippen LogP contribution in [-0.2, 0) is 21.9 Å². The van der Waals surface area contributed by atoms with E-state index >= 15 is 0 Å². The summed E-state index contributed by atoms with van der Waals surface area (Å²) in [6.45, 7) is 4.83. The molecule has 32 heavy (non-hydrogen) atoms. The number of rotatable bonds is 4. The first-order valence-electron chi connectivity index (χ1n) is 10.6. The number of fused-ring (bicyclic) bond motifs is 1. The van der Waals surface area contributed by atoms with E-state index in [1.807, 2.05) is 11.6 Å². The van der Waals surface area contributed by atoms with E-state index in [0.29, 0.717) is 35.1 Å². The van der Waals surface area contributed by atoms with Gasteiger partial charge in [-0.1, -0.05) is 42.9 Å². The summed E-state index contributed by atoms with van der Waals surface area (Å²) < 4.78 is 30.4. The van der Waals surface area contributed by atoms with Gasteiger partial charge in [0.25, 0.3) is 5.91 Å². The zero-order valence-electron chi connectivity index (χ0n) is 18.3. The number of hydrogen-bond donors (Lipinski definition) is 0. The summed E-state index contributed by atoms with van der Waals surface area (Å²) in [5.41, 5.74) is 2.27. The maximum atomic E-state index is 13.0. The Hall–Kier alpha value is -2.00. The summed E-state index contributed by atoms with van der Waals surface area (Å²) in [6.07, 6.45) is 1.25. The van der Waals surface area contributed by atoms with E-state index < -0.39 is 15.9 Å². The number of aromatic nitrogens is 1. The molecule has 0 N–H and O–H groups in total. The summed E-state index contributed by atoms with van der Waals surface area (Å²) in [5.74, 6) is -0.306. The summed E-state index contributed by atoms with van der Waals surface area (Å²) >= 11 is 7.37. The lowest BCUT2D eigenvalue weighted by Gasteiger charge is -2.30. The van der Waals surface area contributed by atoms with Gasteiger partial charge >= 0.3 is 0 Å². The molecule has 0 saturated carbocycles. The largest absolute Gasteiger partial charge is 0.319 e. The van der Waals surface area contributed by atoms with Gasteiger partial charge < -0.3 is 4.57 Å². The fraction of sp³-hybridized carbons (Fsp3) is 0.391. The summed E-state index contributed by atoms with van der Waals surface area (Å²) in [6, 6.07) is 12.4. The van der Waals surface area contributed by atoms with Gasteiger partial charge in [0.2, 0.25) is 10.0 Å². The van der Waals surface area contributed by atoms with Crippen molar-refractivity contribution in [2.45, 2.75) is 37.5 Å². The molecule has 0 bridgehead atoms. The Bertz CT molecular complexity index is 1320. The fourth-order valence-electron chi connectivity index (χ4n) is 3.92. The minimum Gasteiger partial charge on any atom is -0.319 e. The second kappa shape index (κ2) is 9.09. The Kier molecular flexibility index (Phi) is 6.58. The van der Waals surface area contributed by atoms with E-state index in [-0.39, 0.29) is 17.3 Å². The molecule has 0 aliphatic carbocycles. The van der Waals surface area contributed by atoms with Crippen LogP contribution in [0.5, 0.6) is 0 Å². The molecular weight excluding hydrogens is 466 g/mol. The van der Waals surface area contributed by atoms with Crippen LogP contribution in [0.3, 0.4) is 0 Å². The van der Waals surface area contributed by atoms with Crippen LogP contribution in [0.25, 0.3) is 10.2 Å². The normalized spacial score (nSPS) is 18.5. The minimum atomic E-state index is -3.68. The Morgan fingerprint density at radius 3 is 2.59 bits per heavy atom.